The summed E-state index contributed by atoms with van der Waals surface area (Å²) in [4.78, 5) is 0. The predicted molar refractivity (Wildman–Crippen MR) is 80.1 cm³/mol. The molecule has 1 aromatic heterocycles. The van der Waals surface area contributed by atoms with Crippen LogP contribution in [-0.4, -0.2) is 5.16 Å². The summed E-state index contributed by atoms with van der Waals surface area (Å²) in [6, 6.07) is 20.2. The van der Waals surface area contributed by atoms with Gasteiger partial charge in [0, 0.05) is 20.8 Å². The van der Waals surface area contributed by atoms with Crippen LogP contribution < -0.4 is 0 Å². The molecule has 1 heterocycles. The first kappa shape index (κ1) is 11.5. The van der Waals surface area contributed by atoms with Crippen LogP contribution in [0.15, 0.2) is 65.2 Å². The first-order valence-electron chi connectivity index (χ1n) is 5.61. The lowest BCUT2D eigenvalue weighted by Gasteiger charge is -1.94. The monoisotopic (exact) mass is 343 g/mol. The zero-order chi connectivity index (χ0) is 12.4. The van der Waals surface area contributed by atoms with Gasteiger partial charge >= 0.3 is 0 Å². The van der Waals surface area contributed by atoms with Crippen molar-refractivity contribution in [1.29, 1.82) is 0 Å². The van der Waals surface area contributed by atoms with E-state index in [1.54, 1.807) is 0 Å². The first-order valence-corrected chi connectivity index (χ1v) is 6.69. The quantitative estimate of drug-likeness (QED) is 0.635. The van der Waals surface area contributed by atoms with Crippen molar-refractivity contribution in [3.8, 4) is 22.6 Å². The van der Waals surface area contributed by atoms with Crippen LogP contribution in [0.1, 0.15) is 0 Å². The van der Waals surface area contributed by atoms with E-state index in [1.165, 1.54) is 3.57 Å². The zero-order valence-corrected chi connectivity index (χ0v) is 11.7. The van der Waals surface area contributed by atoms with Crippen molar-refractivity contribution >= 4 is 22.6 Å². The molecule has 0 radical (unpaired) electrons. The minimum Gasteiger partial charge on any atom is -0.356 e. The van der Waals surface area contributed by atoms with Crippen molar-refractivity contribution in [3.63, 3.8) is 0 Å². The third-order valence-corrected chi connectivity index (χ3v) is 3.43. The highest BCUT2D eigenvalue weighted by atomic mass is 123. The Kier molecular flexibility index (Phi) is 3.15. The number of halogens is 1. The third-order valence-electron chi connectivity index (χ3n) is 2.71. The van der Waals surface area contributed by atoms with E-state index in [9.17, 15) is 0 Å². The maximum Gasteiger partial charge on any atom is 0.167 e. The van der Waals surface area contributed by atoms with E-state index in [0.717, 1.165) is 22.6 Å². The SMILES string of the molecule is [123I]c1ccc(-c2cc(-c3ccccc3)on2)cc1. The largest absolute Gasteiger partial charge is 0.356 e. The summed E-state index contributed by atoms with van der Waals surface area (Å²) in [7, 11) is 0. The van der Waals surface area contributed by atoms with Crippen molar-refractivity contribution in [2.75, 3.05) is 0 Å². The molecular weight excluding hydrogens is 333 g/mol. The van der Waals surface area contributed by atoms with E-state index in [2.05, 4.69) is 52.0 Å². The van der Waals surface area contributed by atoms with Crippen LogP contribution in [0, 0.1) is 3.57 Å². The van der Waals surface area contributed by atoms with Crippen LogP contribution in [0.3, 0.4) is 0 Å². The molecule has 0 saturated heterocycles. The maximum atomic E-state index is 5.38. The third kappa shape index (κ3) is 2.31. The average Bonchev–Trinajstić information content (AvgIpc) is 2.90. The molecule has 3 heteroatoms. The number of benzene rings is 2. The number of rotatable bonds is 2. The fraction of sp³-hybridized carbons (Fsp3) is 0. The summed E-state index contributed by atoms with van der Waals surface area (Å²) in [5, 5.41) is 4.12. The number of aromatic nitrogens is 1. The van der Waals surface area contributed by atoms with Gasteiger partial charge < -0.3 is 4.52 Å². The van der Waals surface area contributed by atoms with E-state index < -0.39 is 0 Å². The van der Waals surface area contributed by atoms with Gasteiger partial charge in [0.2, 0.25) is 0 Å². The lowest BCUT2D eigenvalue weighted by atomic mass is 10.1. The average molecular weight is 343 g/mol. The molecular formula is C15H10INO. The molecule has 0 aliphatic carbocycles. The molecule has 0 atom stereocenters. The van der Waals surface area contributed by atoms with Crippen molar-refractivity contribution in [2.45, 2.75) is 0 Å². The molecule has 0 aliphatic heterocycles. The fourth-order valence-corrected chi connectivity index (χ4v) is 2.13. The topological polar surface area (TPSA) is 26.0 Å². The summed E-state index contributed by atoms with van der Waals surface area (Å²) < 4.78 is 6.59. The summed E-state index contributed by atoms with van der Waals surface area (Å²) >= 11 is 2.29. The Morgan fingerprint density at radius 3 is 2.28 bits per heavy atom. The molecule has 3 aromatic rings. The molecule has 0 spiro atoms. The molecule has 0 N–H and O–H groups in total. The van der Waals surface area contributed by atoms with Gasteiger partial charge in [-0.2, -0.15) is 0 Å². The van der Waals surface area contributed by atoms with Gasteiger partial charge in [0.25, 0.3) is 0 Å². The highest BCUT2D eigenvalue weighted by molar-refractivity contribution is 14.1. The standard InChI is InChI=1S/C15H10INO/c16-13-8-6-11(7-9-13)14-10-15(18-17-14)12-4-2-1-3-5-12/h1-10H/i16-4. The van der Waals surface area contributed by atoms with E-state index in [4.69, 9.17) is 4.52 Å². The van der Waals surface area contributed by atoms with Gasteiger partial charge in [0.05, 0.1) is 0 Å². The Balaban J connectivity index is 1.97. The van der Waals surface area contributed by atoms with Crippen LogP contribution in [0.25, 0.3) is 22.6 Å². The molecule has 0 amide bonds. The van der Waals surface area contributed by atoms with Gasteiger partial charge in [-0.25, -0.2) is 0 Å². The zero-order valence-electron chi connectivity index (χ0n) is 9.51. The van der Waals surface area contributed by atoms with Gasteiger partial charge in [-0.05, 0) is 34.7 Å². The van der Waals surface area contributed by atoms with Gasteiger partial charge in [-0.3, -0.25) is 0 Å². The Morgan fingerprint density at radius 1 is 0.833 bits per heavy atom. The van der Waals surface area contributed by atoms with Gasteiger partial charge in [-0.15, -0.1) is 0 Å². The van der Waals surface area contributed by atoms with Crippen molar-refractivity contribution in [2.24, 2.45) is 0 Å². The van der Waals surface area contributed by atoms with Gasteiger partial charge in [0.1, 0.15) is 5.69 Å². The van der Waals surface area contributed by atoms with E-state index >= 15 is 0 Å². The lowest BCUT2D eigenvalue weighted by Crippen LogP contribution is -1.76. The minimum atomic E-state index is 0.796. The Hall–Kier alpha value is -1.62. The smallest absolute Gasteiger partial charge is 0.167 e. The number of hydrogen-bond acceptors (Lipinski definition) is 2. The molecule has 18 heavy (non-hydrogen) atoms. The van der Waals surface area contributed by atoms with Crippen LogP contribution >= 0.6 is 22.6 Å². The van der Waals surface area contributed by atoms with Crippen LogP contribution in [0.4, 0.5) is 0 Å². The first-order chi connectivity index (χ1) is 8.83. The number of hydrogen-bond donors (Lipinski definition) is 0. The highest BCUT2D eigenvalue weighted by Gasteiger charge is 2.07. The van der Waals surface area contributed by atoms with Crippen molar-refractivity contribution in [3.05, 3.63) is 64.2 Å². The van der Waals surface area contributed by atoms with Crippen molar-refractivity contribution in [1.82, 2.24) is 5.16 Å². The molecule has 0 bridgehead atoms. The molecule has 0 aliphatic rings. The van der Waals surface area contributed by atoms with Crippen LogP contribution in [0.5, 0.6) is 0 Å². The van der Waals surface area contributed by atoms with Crippen LogP contribution in [-0.2, 0) is 0 Å². The highest BCUT2D eigenvalue weighted by Crippen LogP contribution is 2.26. The maximum absolute atomic E-state index is 5.38. The molecule has 2 aromatic carbocycles. The summed E-state index contributed by atoms with van der Waals surface area (Å²) in [5.74, 6) is 0.796. The van der Waals surface area contributed by atoms with Crippen LogP contribution in [0.2, 0.25) is 0 Å². The Labute approximate surface area is 119 Å². The minimum absolute atomic E-state index is 0.796. The molecule has 0 fully saturated rings. The van der Waals surface area contributed by atoms with Gasteiger partial charge in [-0.1, -0.05) is 47.6 Å². The van der Waals surface area contributed by atoms with E-state index in [0.29, 0.717) is 0 Å². The summed E-state index contributed by atoms with van der Waals surface area (Å²) in [5.41, 5.74) is 2.98. The van der Waals surface area contributed by atoms with E-state index in [1.807, 2.05) is 36.4 Å². The normalized spacial score (nSPS) is 10.5. The second-order valence-corrected chi connectivity index (χ2v) is 5.19. The fourth-order valence-electron chi connectivity index (χ4n) is 1.77. The lowest BCUT2D eigenvalue weighted by molar-refractivity contribution is 0.435. The van der Waals surface area contributed by atoms with Gasteiger partial charge in [0.15, 0.2) is 5.76 Å². The second-order valence-electron chi connectivity index (χ2n) is 3.95. The molecule has 0 saturated carbocycles. The van der Waals surface area contributed by atoms with Crippen molar-refractivity contribution < 1.29 is 4.52 Å². The predicted octanol–water partition coefficient (Wildman–Crippen LogP) is 4.61. The molecule has 3 rings (SSSR count). The Bertz CT molecular complexity index is 644. The Morgan fingerprint density at radius 2 is 1.56 bits per heavy atom. The van der Waals surface area contributed by atoms with E-state index in [-0.39, 0.29) is 0 Å². The summed E-state index contributed by atoms with van der Waals surface area (Å²) in [6.45, 7) is 0. The second kappa shape index (κ2) is 4.94. The molecule has 0 unspecified atom stereocenters. The summed E-state index contributed by atoms with van der Waals surface area (Å²) in [6.07, 6.45) is 0. The number of nitrogens with zero attached hydrogens (tertiary/aromatic N) is 1. The molecule has 88 valence electrons. The molecule has 2 nitrogen and oxygen atoms in total.